The van der Waals surface area contributed by atoms with Crippen LogP contribution >= 0.6 is 0 Å². The largest absolute Gasteiger partial charge is 0.480 e. The fraction of sp³-hybridized carbons (Fsp3) is 0.500. The molecule has 1 aromatic rings. The molecule has 2 amide bonds. The Morgan fingerprint density at radius 2 is 2.35 bits per heavy atom. The molecule has 17 heavy (non-hydrogen) atoms. The molecule has 7 heteroatoms. The SMILES string of the molecule is CCC[C@@H](NC(=O)NCc1ncc[nH]1)C(=O)O. The van der Waals surface area contributed by atoms with Gasteiger partial charge >= 0.3 is 12.0 Å². The number of hydrogen-bond acceptors (Lipinski definition) is 3. The number of aromatic amines is 1. The Morgan fingerprint density at radius 3 is 2.88 bits per heavy atom. The molecule has 1 aromatic heterocycles. The Labute approximate surface area is 98.6 Å². The number of carbonyl (C=O) groups is 2. The lowest BCUT2D eigenvalue weighted by Gasteiger charge is -2.13. The first kappa shape index (κ1) is 13.0. The van der Waals surface area contributed by atoms with E-state index < -0.39 is 18.0 Å². The molecular weight excluding hydrogens is 224 g/mol. The average molecular weight is 240 g/mol. The molecule has 1 atom stereocenters. The van der Waals surface area contributed by atoms with Gasteiger partial charge in [-0.25, -0.2) is 14.6 Å². The van der Waals surface area contributed by atoms with Gasteiger partial charge in [0.1, 0.15) is 11.9 Å². The minimum absolute atomic E-state index is 0.233. The van der Waals surface area contributed by atoms with Crippen LogP contribution in [0.3, 0.4) is 0 Å². The molecule has 94 valence electrons. The molecule has 0 bridgehead atoms. The molecule has 4 N–H and O–H groups in total. The summed E-state index contributed by atoms with van der Waals surface area (Å²) < 4.78 is 0. The molecule has 0 aliphatic carbocycles. The van der Waals surface area contributed by atoms with Crippen molar-refractivity contribution in [3.8, 4) is 0 Å². The number of aliphatic carboxylic acids is 1. The van der Waals surface area contributed by atoms with Crippen molar-refractivity contribution in [2.45, 2.75) is 32.4 Å². The molecular formula is C10H16N4O3. The standard InChI is InChI=1S/C10H16N4O3/c1-2-3-7(9(15)16)14-10(17)13-6-8-11-4-5-12-8/h4-5,7H,2-3,6H2,1H3,(H,11,12)(H,15,16)(H2,13,14,17)/t7-/m1/s1. The summed E-state index contributed by atoms with van der Waals surface area (Å²) in [5.41, 5.74) is 0. The van der Waals surface area contributed by atoms with Gasteiger partial charge in [-0.15, -0.1) is 0 Å². The number of imidazole rings is 1. The van der Waals surface area contributed by atoms with E-state index in [1.807, 2.05) is 6.92 Å². The number of nitrogens with zero attached hydrogens (tertiary/aromatic N) is 1. The summed E-state index contributed by atoms with van der Waals surface area (Å²) in [6.45, 7) is 2.09. The number of H-pyrrole nitrogens is 1. The third-order valence-electron chi connectivity index (χ3n) is 2.15. The van der Waals surface area contributed by atoms with E-state index in [-0.39, 0.29) is 6.54 Å². The van der Waals surface area contributed by atoms with Gasteiger partial charge in [0.25, 0.3) is 0 Å². The van der Waals surface area contributed by atoms with Crippen LogP contribution in [0.15, 0.2) is 12.4 Å². The summed E-state index contributed by atoms with van der Waals surface area (Å²) in [5.74, 6) is -0.414. The second kappa shape index (κ2) is 6.51. The van der Waals surface area contributed by atoms with Gasteiger partial charge in [0.2, 0.25) is 0 Å². The molecule has 0 spiro atoms. The van der Waals surface area contributed by atoms with E-state index >= 15 is 0 Å². The third kappa shape index (κ3) is 4.54. The highest BCUT2D eigenvalue weighted by Gasteiger charge is 2.18. The second-order valence-corrected chi connectivity index (χ2v) is 3.54. The minimum Gasteiger partial charge on any atom is -0.480 e. The molecule has 0 fully saturated rings. The highest BCUT2D eigenvalue weighted by Crippen LogP contribution is 1.96. The first-order valence-electron chi connectivity index (χ1n) is 5.39. The van der Waals surface area contributed by atoms with Crippen molar-refractivity contribution in [1.29, 1.82) is 0 Å². The number of urea groups is 1. The monoisotopic (exact) mass is 240 g/mol. The summed E-state index contributed by atoms with van der Waals surface area (Å²) in [6, 6.07) is -1.36. The van der Waals surface area contributed by atoms with Gasteiger partial charge in [-0.2, -0.15) is 0 Å². The predicted octanol–water partition coefficient (Wildman–Crippen LogP) is 0.462. The van der Waals surface area contributed by atoms with Crippen LogP contribution in [0.4, 0.5) is 4.79 Å². The van der Waals surface area contributed by atoms with Crippen molar-refractivity contribution < 1.29 is 14.7 Å². The van der Waals surface area contributed by atoms with Crippen molar-refractivity contribution in [2.24, 2.45) is 0 Å². The highest BCUT2D eigenvalue weighted by molar-refractivity contribution is 5.82. The fourth-order valence-electron chi connectivity index (χ4n) is 1.31. The van der Waals surface area contributed by atoms with Crippen LogP contribution in [0.2, 0.25) is 0 Å². The van der Waals surface area contributed by atoms with Gasteiger partial charge < -0.3 is 20.7 Å². The van der Waals surface area contributed by atoms with Gasteiger partial charge in [0, 0.05) is 12.4 Å². The van der Waals surface area contributed by atoms with Crippen molar-refractivity contribution >= 4 is 12.0 Å². The molecule has 0 aromatic carbocycles. The number of carboxylic acids is 1. The molecule has 0 saturated carbocycles. The number of aromatic nitrogens is 2. The number of hydrogen-bond donors (Lipinski definition) is 4. The molecule has 0 saturated heterocycles. The first-order chi connectivity index (χ1) is 8.13. The number of nitrogens with one attached hydrogen (secondary N) is 3. The van der Waals surface area contributed by atoms with Crippen LogP contribution in [0.5, 0.6) is 0 Å². The lowest BCUT2D eigenvalue weighted by molar-refractivity contribution is -0.139. The van der Waals surface area contributed by atoms with Crippen molar-refractivity contribution in [3.05, 3.63) is 18.2 Å². The molecule has 0 radical (unpaired) electrons. The molecule has 1 rings (SSSR count). The highest BCUT2D eigenvalue weighted by atomic mass is 16.4. The second-order valence-electron chi connectivity index (χ2n) is 3.54. The first-order valence-corrected chi connectivity index (χ1v) is 5.39. The fourth-order valence-corrected chi connectivity index (χ4v) is 1.31. The lowest BCUT2D eigenvalue weighted by atomic mass is 10.2. The molecule has 1 heterocycles. The maximum absolute atomic E-state index is 11.4. The molecule has 0 aliphatic rings. The van der Waals surface area contributed by atoms with Crippen LogP contribution in [0.1, 0.15) is 25.6 Å². The maximum Gasteiger partial charge on any atom is 0.326 e. The Kier molecular flexibility index (Phi) is 4.99. The van der Waals surface area contributed by atoms with Crippen molar-refractivity contribution in [2.75, 3.05) is 0 Å². The zero-order valence-corrected chi connectivity index (χ0v) is 9.56. The van der Waals surface area contributed by atoms with Crippen LogP contribution < -0.4 is 10.6 Å². The van der Waals surface area contributed by atoms with E-state index in [1.54, 1.807) is 12.4 Å². The van der Waals surface area contributed by atoms with Crippen LogP contribution in [-0.4, -0.2) is 33.1 Å². The summed E-state index contributed by atoms with van der Waals surface area (Å²) in [5, 5.41) is 13.8. The lowest BCUT2D eigenvalue weighted by Crippen LogP contribution is -2.45. The normalized spacial score (nSPS) is 11.8. The number of amides is 2. The van der Waals surface area contributed by atoms with Crippen LogP contribution in [-0.2, 0) is 11.3 Å². The van der Waals surface area contributed by atoms with Crippen molar-refractivity contribution in [3.63, 3.8) is 0 Å². The Bertz CT molecular complexity index is 364. The molecule has 0 unspecified atom stereocenters. The summed E-state index contributed by atoms with van der Waals surface area (Å²) in [4.78, 5) is 28.9. The zero-order chi connectivity index (χ0) is 12.7. The third-order valence-corrected chi connectivity index (χ3v) is 2.15. The Balaban J connectivity index is 2.34. The van der Waals surface area contributed by atoms with E-state index in [9.17, 15) is 9.59 Å². The van der Waals surface area contributed by atoms with E-state index in [0.29, 0.717) is 18.7 Å². The van der Waals surface area contributed by atoms with Gasteiger partial charge in [-0.05, 0) is 6.42 Å². The topological polar surface area (TPSA) is 107 Å². The summed E-state index contributed by atoms with van der Waals surface area (Å²) in [6.07, 6.45) is 4.32. The van der Waals surface area contributed by atoms with Crippen LogP contribution in [0.25, 0.3) is 0 Å². The Hall–Kier alpha value is -2.05. The number of carboxylic acid groups (broad SMARTS) is 1. The number of carbonyl (C=O) groups excluding carboxylic acids is 1. The van der Waals surface area contributed by atoms with Gasteiger partial charge in [-0.1, -0.05) is 13.3 Å². The smallest absolute Gasteiger partial charge is 0.326 e. The minimum atomic E-state index is -1.03. The van der Waals surface area contributed by atoms with Gasteiger partial charge in [-0.3, -0.25) is 0 Å². The maximum atomic E-state index is 11.4. The van der Waals surface area contributed by atoms with E-state index in [1.165, 1.54) is 0 Å². The summed E-state index contributed by atoms with van der Waals surface area (Å²) >= 11 is 0. The number of rotatable bonds is 6. The van der Waals surface area contributed by atoms with E-state index in [0.717, 1.165) is 0 Å². The van der Waals surface area contributed by atoms with Gasteiger partial charge in [0.05, 0.1) is 6.54 Å². The van der Waals surface area contributed by atoms with E-state index in [4.69, 9.17) is 5.11 Å². The summed E-state index contributed by atoms with van der Waals surface area (Å²) in [7, 11) is 0. The Morgan fingerprint density at radius 1 is 1.59 bits per heavy atom. The molecule has 0 aliphatic heterocycles. The van der Waals surface area contributed by atoms with Gasteiger partial charge in [0.15, 0.2) is 0 Å². The predicted molar refractivity (Wildman–Crippen MR) is 60.3 cm³/mol. The molecule has 7 nitrogen and oxygen atoms in total. The quantitative estimate of drug-likeness (QED) is 0.579. The van der Waals surface area contributed by atoms with Crippen LogP contribution in [0, 0.1) is 0 Å². The average Bonchev–Trinajstić information content (AvgIpc) is 2.78. The van der Waals surface area contributed by atoms with E-state index in [2.05, 4.69) is 20.6 Å². The van der Waals surface area contributed by atoms with Crippen molar-refractivity contribution in [1.82, 2.24) is 20.6 Å². The zero-order valence-electron chi connectivity index (χ0n) is 9.56.